The third-order valence-electron chi connectivity index (χ3n) is 4.29. The molecule has 0 aromatic heterocycles. The zero-order chi connectivity index (χ0) is 21.1. The van der Waals surface area contributed by atoms with Crippen molar-refractivity contribution in [2.45, 2.75) is 26.3 Å². The van der Waals surface area contributed by atoms with E-state index in [9.17, 15) is 10.1 Å². The van der Waals surface area contributed by atoms with Crippen molar-refractivity contribution in [3.63, 3.8) is 0 Å². The summed E-state index contributed by atoms with van der Waals surface area (Å²) in [5.41, 5.74) is 2.22. The van der Waals surface area contributed by atoms with Gasteiger partial charge in [-0.25, -0.2) is 0 Å². The fourth-order valence-electron chi connectivity index (χ4n) is 2.79. The smallest absolute Gasteiger partial charge is 0.269 e. The molecule has 0 bridgehead atoms. The Labute approximate surface area is 194 Å². The molecule has 2 aromatic carbocycles. The Morgan fingerprint density at radius 3 is 2.40 bits per heavy atom. The number of aryl methyl sites for hydroxylation is 1. The average Bonchev–Trinajstić information content (AvgIpc) is 2.74. The molecule has 0 aliphatic heterocycles. The normalized spacial score (nSPS) is 10.7. The molecule has 8 nitrogen and oxygen atoms in total. The fourth-order valence-corrected chi connectivity index (χ4v) is 2.79. The highest BCUT2D eigenvalue weighted by molar-refractivity contribution is 14.0. The van der Waals surface area contributed by atoms with E-state index in [4.69, 9.17) is 9.47 Å². The van der Waals surface area contributed by atoms with Crippen LogP contribution in [0.4, 0.5) is 5.69 Å². The second-order valence-corrected chi connectivity index (χ2v) is 6.30. The van der Waals surface area contributed by atoms with Crippen LogP contribution in [0.15, 0.2) is 47.5 Å². The summed E-state index contributed by atoms with van der Waals surface area (Å²) in [6.07, 6.45) is 1.83. The second kappa shape index (κ2) is 13.6. The van der Waals surface area contributed by atoms with Crippen LogP contribution in [0, 0.1) is 10.1 Å². The molecule has 0 saturated heterocycles. The number of halogens is 1. The molecular weight excluding hydrogens is 499 g/mol. The third kappa shape index (κ3) is 8.05. The number of benzene rings is 2. The number of non-ortho nitro benzene ring substituents is 1. The number of nitro benzene ring substituents is 1. The zero-order valence-electron chi connectivity index (χ0n) is 17.5. The number of ether oxygens (including phenoxy) is 2. The Morgan fingerprint density at radius 2 is 1.80 bits per heavy atom. The maximum absolute atomic E-state index is 10.7. The predicted molar refractivity (Wildman–Crippen MR) is 129 cm³/mol. The van der Waals surface area contributed by atoms with Crippen LogP contribution in [0.3, 0.4) is 0 Å². The minimum Gasteiger partial charge on any atom is -0.493 e. The minimum absolute atomic E-state index is 0. The van der Waals surface area contributed by atoms with Crippen molar-refractivity contribution in [2.75, 3.05) is 27.3 Å². The van der Waals surface area contributed by atoms with Gasteiger partial charge >= 0.3 is 0 Å². The van der Waals surface area contributed by atoms with Crippen LogP contribution in [-0.2, 0) is 13.0 Å². The van der Waals surface area contributed by atoms with Crippen LogP contribution < -0.4 is 20.1 Å². The van der Waals surface area contributed by atoms with E-state index in [2.05, 4.69) is 15.6 Å². The van der Waals surface area contributed by atoms with E-state index in [1.54, 1.807) is 26.3 Å². The lowest BCUT2D eigenvalue weighted by atomic mass is 10.1. The topological polar surface area (TPSA) is 98.0 Å². The van der Waals surface area contributed by atoms with Crippen LogP contribution in [-0.4, -0.2) is 38.2 Å². The summed E-state index contributed by atoms with van der Waals surface area (Å²) in [7, 11) is 3.35. The molecule has 0 atom stereocenters. The molecular formula is C21H29IN4O4. The number of methoxy groups -OCH3 is 1. The highest BCUT2D eigenvalue weighted by Gasteiger charge is 2.06. The fraction of sp³-hybridized carbons (Fsp3) is 0.381. The van der Waals surface area contributed by atoms with Gasteiger partial charge in [-0.3, -0.25) is 15.1 Å². The molecule has 0 amide bonds. The molecule has 0 unspecified atom stereocenters. The van der Waals surface area contributed by atoms with Gasteiger partial charge in [-0.2, -0.15) is 0 Å². The van der Waals surface area contributed by atoms with Gasteiger partial charge in [0.2, 0.25) is 0 Å². The molecule has 30 heavy (non-hydrogen) atoms. The molecule has 0 fully saturated rings. The van der Waals surface area contributed by atoms with Crippen LogP contribution in [0.1, 0.15) is 24.5 Å². The Bertz CT molecular complexity index is 828. The molecule has 2 rings (SSSR count). The molecule has 0 radical (unpaired) electrons. The Hall–Kier alpha value is -2.56. The average molecular weight is 528 g/mol. The number of aliphatic imine (C=N–C) groups is 1. The number of nitrogens with one attached hydrogen (secondary N) is 2. The van der Waals surface area contributed by atoms with E-state index >= 15 is 0 Å². The van der Waals surface area contributed by atoms with Gasteiger partial charge in [0, 0.05) is 32.3 Å². The highest BCUT2D eigenvalue weighted by Crippen LogP contribution is 2.28. The zero-order valence-corrected chi connectivity index (χ0v) is 19.8. The molecule has 0 heterocycles. The standard InChI is InChI=1S/C21H28N4O4.HI/c1-4-29-20-14-16(9-12-19(20)28-3)6-5-13-23-21(22-2)24-15-17-7-10-18(11-8-17)25(26)27;/h7-12,14H,4-6,13,15H2,1-3H3,(H2,22,23,24);1H. The van der Waals surface area contributed by atoms with Gasteiger partial charge in [0.05, 0.1) is 18.6 Å². The van der Waals surface area contributed by atoms with Crippen LogP contribution in [0.5, 0.6) is 11.5 Å². The number of nitrogens with zero attached hydrogens (tertiary/aromatic N) is 2. The molecule has 9 heteroatoms. The molecule has 164 valence electrons. The van der Waals surface area contributed by atoms with Crippen molar-refractivity contribution in [2.24, 2.45) is 4.99 Å². The van der Waals surface area contributed by atoms with Crippen molar-refractivity contribution in [1.29, 1.82) is 0 Å². The molecule has 2 aromatic rings. The first-order valence-electron chi connectivity index (χ1n) is 9.55. The summed E-state index contributed by atoms with van der Waals surface area (Å²) in [5.74, 6) is 2.19. The minimum atomic E-state index is -0.405. The first-order valence-corrected chi connectivity index (χ1v) is 9.55. The largest absolute Gasteiger partial charge is 0.493 e. The molecule has 0 spiro atoms. The second-order valence-electron chi connectivity index (χ2n) is 6.30. The monoisotopic (exact) mass is 528 g/mol. The Balaban J connectivity index is 0.00000450. The van der Waals surface area contributed by atoms with Gasteiger partial charge in [-0.1, -0.05) is 18.2 Å². The summed E-state index contributed by atoms with van der Waals surface area (Å²) >= 11 is 0. The van der Waals surface area contributed by atoms with Gasteiger partial charge in [-0.15, -0.1) is 24.0 Å². The summed E-state index contributed by atoms with van der Waals surface area (Å²) in [6, 6.07) is 12.5. The summed E-state index contributed by atoms with van der Waals surface area (Å²) in [4.78, 5) is 14.5. The van der Waals surface area contributed by atoms with Crippen molar-refractivity contribution in [3.8, 4) is 11.5 Å². The van der Waals surface area contributed by atoms with Crippen molar-refractivity contribution in [3.05, 3.63) is 63.7 Å². The van der Waals surface area contributed by atoms with Gasteiger partial charge in [0.15, 0.2) is 17.5 Å². The molecule has 0 aliphatic carbocycles. The quantitative estimate of drug-likeness (QED) is 0.121. The summed E-state index contributed by atoms with van der Waals surface area (Å²) in [5, 5.41) is 17.2. The SMILES string of the molecule is CCOc1cc(CCCNC(=NC)NCc2ccc([N+](=O)[O-])cc2)ccc1OC.I. The maximum atomic E-state index is 10.7. The number of hydrogen-bond donors (Lipinski definition) is 2. The Kier molecular flexibility index (Phi) is 11.6. The summed E-state index contributed by atoms with van der Waals surface area (Å²) < 4.78 is 10.9. The first kappa shape index (κ1) is 25.5. The lowest BCUT2D eigenvalue weighted by molar-refractivity contribution is -0.384. The van der Waals surface area contributed by atoms with Gasteiger partial charge in [0.25, 0.3) is 5.69 Å². The van der Waals surface area contributed by atoms with Gasteiger partial charge < -0.3 is 20.1 Å². The van der Waals surface area contributed by atoms with Crippen LogP contribution >= 0.6 is 24.0 Å². The molecule has 0 saturated carbocycles. The van der Waals surface area contributed by atoms with Gasteiger partial charge in [0.1, 0.15) is 0 Å². The summed E-state index contributed by atoms with van der Waals surface area (Å²) in [6.45, 7) is 3.84. The van der Waals surface area contributed by atoms with Crippen molar-refractivity contribution in [1.82, 2.24) is 10.6 Å². The van der Waals surface area contributed by atoms with Gasteiger partial charge in [-0.05, 0) is 43.0 Å². The first-order chi connectivity index (χ1) is 14.1. The van der Waals surface area contributed by atoms with Crippen molar-refractivity contribution >= 4 is 35.6 Å². The van der Waals surface area contributed by atoms with E-state index in [0.29, 0.717) is 19.1 Å². The highest BCUT2D eigenvalue weighted by atomic mass is 127. The Morgan fingerprint density at radius 1 is 1.10 bits per heavy atom. The molecule has 0 aliphatic rings. The van der Waals surface area contributed by atoms with Crippen molar-refractivity contribution < 1.29 is 14.4 Å². The van der Waals surface area contributed by atoms with Crippen LogP contribution in [0.2, 0.25) is 0 Å². The van der Waals surface area contributed by atoms with E-state index in [1.165, 1.54) is 17.7 Å². The van der Waals surface area contributed by atoms with E-state index in [-0.39, 0.29) is 29.7 Å². The third-order valence-corrected chi connectivity index (χ3v) is 4.29. The molecule has 2 N–H and O–H groups in total. The predicted octanol–water partition coefficient (Wildman–Crippen LogP) is 3.92. The van der Waals surface area contributed by atoms with E-state index in [1.807, 2.05) is 25.1 Å². The van der Waals surface area contributed by atoms with E-state index < -0.39 is 4.92 Å². The lowest BCUT2D eigenvalue weighted by Crippen LogP contribution is -2.37. The lowest BCUT2D eigenvalue weighted by Gasteiger charge is -2.13. The number of guanidine groups is 1. The number of hydrogen-bond acceptors (Lipinski definition) is 5. The number of rotatable bonds is 10. The maximum Gasteiger partial charge on any atom is 0.269 e. The number of nitro groups is 1. The van der Waals surface area contributed by atoms with Crippen LogP contribution in [0.25, 0.3) is 0 Å². The van der Waals surface area contributed by atoms with E-state index in [0.717, 1.165) is 36.4 Å².